The van der Waals surface area contributed by atoms with Crippen LogP contribution < -0.4 is 0 Å². The Morgan fingerprint density at radius 1 is 1.45 bits per heavy atom. The van der Waals surface area contributed by atoms with E-state index in [1.807, 2.05) is 0 Å². The molecular formula is C12H16N2O5S. The van der Waals surface area contributed by atoms with E-state index in [0.29, 0.717) is 0 Å². The molecule has 0 amide bonds. The second-order valence-electron chi connectivity index (χ2n) is 4.14. The van der Waals surface area contributed by atoms with Gasteiger partial charge < -0.3 is 5.21 Å². The summed E-state index contributed by atoms with van der Waals surface area (Å²) in [5, 5.41) is 21.9. The van der Waals surface area contributed by atoms with E-state index in [1.165, 1.54) is 31.2 Å². The third-order valence-electron chi connectivity index (χ3n) is 2.97. The van der Waals surface area contributed by atoms with E-state index >= 15 is 0 Å². The molecule has 8 heteroatoms. The van der Waals surface area contributed by atoms with E-state index in [2.05, 4.69) is 5.16 Å². The highest BCUT2D eigenvalue weighted by molar-refractivity contribution is 7.92. The van der Waals surface area contributed by atoms with Crippen LogP contribution in [0.15, 0.2) is 29.4 Å². The van der Waals surface area contributed by atoms with Crippen molar-refractivity contribution in [3.05, 3.63) is 39.9 Å². The Morgan fingerprint density at radius 2 is 2.10 bits per heavy atom. The maximum Gasteiger partial charge on any atom is 0.270 e. The molecule has 0 aliphatic carbocycles. The van der Waals surface area contributed by atoms with E-state index in [4.69, 9.17) is 5.21 Å². The van der Waals surface area contributed by atoms with Gasteiger partial charge in [-0.2, -0.15) is 0 Å². The van der Waals surface area contributed by atoms with Gasteiger partial charge in [-0.3, -0.25) is 10.1 Å². The largest absolute Gasteiger partial charge is 0.411 e. The molecule has 0 spiro atoms. The second kappa shape index (κ2) is 6.47. The van der Waals surface area contributed by atoms with Crippen LogP contribution in [0.5, 0.6) is 0 Å². The standard InChI is InChI=1S/C12H16N2O5S/c1-3-11(20(18,19)4-2)12(13-15)9-6-5-7-10(8-9)14(16)17/h5-8,11,15H,3-4H2,1-2H3/b13-12+. The van der Waals surface area contributed by atoms with Crippen molar-refractivity contribution in [2.24, 2.45) is 5.16 Å². The predicted octanol–water partition coefficient (Wildman–Crippen LogP) is 1.99. The van der Waals surface area contributed by atoms with E-state index in [9.17, 15) is 18.5 Å². The van der Waals surface area contributed by atoms with Gasteiger partial charge in [0.2, 0.25) is 0 Å². The topological polar surface area (TPSA) is 110 Å². The molecule has 1 N–H and O–H groups in total. The van der Waals surface area contributed by atoms with Crippen LogP contribution in [0.4, 0.5) is 5.69 Å². The lowest BCUT2D eigenvalue weighted by Crippen LogP contribution is -2.32. The van der Waals surface area contributed by atoms with E-state index in [1.54, 1.807) is 6.92 Å². The Labute approximate surface area is 117 Å². The minimum absolute atomic E-state index is 0.0712. The zero-order valence-corrected chi connectivity index (χ0v) is 12.0. The van der Waals surface area contributed by atoms with Gasteiger partial charge in [-0.05, 0) is 6.42 Å². The first-order valence-corrected chi connectivity index (χ1v) is 7.77. The Bertz CT molecular complexity index is 624. The summed E-state index contributed by atoms with van der Waals surface area (Å²) in [6.45, 7) is 3.15. The number of sulfone groups is 1. The number of oxime groups is 1. The molecule has 0 aliphatic heterocycles. The molecule has 0 fully saturated rings. The predicted molar refractivity (Wildman–Crippen MR) is 75.0 cm³/mol. The Kier molecular flexibility index (Phi) is 5.20. The molecular weight excluding hydrogens is 284 g/mol. The molecule has 0 aromatic heterocycles. The van der Waals surface area contributed by atoms with Gasteiger partial charge in [-0.15, -0.1) is 0 Å². The number of nitro groups is 1. The number of benzene rings is 1. The van der Waals surface area contributed by atoms with Gasteiger partial charge in [0.1, 0.15) is 11.0 Å². The number of rotatable bonds is 6. The van der Waals surface area contributed by atoms with Gasteiger partial charge in [-0.1, -0.05) is 31.1 Å². The first kappa shape index (κ1) is 16.1. The molecule has 1 aromatic carbocycles. The van der Waals surface area contributed by atoms with Gasteiger partial charge in [-0.25, -0.2) is 8.42 Å². The van der Waals surface area contributed by atoms with E-state index < -0.39 is 20.0 Å². The summed E-state index contributed by atoms with van der Waals surface area (Å²) in [4.78, 5) is 10.2. The van der Waals surface area contributed by atoms with E-state index in [0.717, 1.165) is 0 Å². The fourth-order valence-electron chi connectivity index (χ4n) is 1.91. The molecule has 0 heterocycles. The molecule has 1 aromatic rings. The lowest BCUT2D eigenvalue weighted by Gasteiger charge is -2.16. The maximum absolute atomic E-state index is 12.0. The first-order valence-electron chi connectivity index (χ1n) is 6.05. The van der Waals surface area contributed by atoms with Crippen LogP contribution in [-0.2, 0) is 9.84 Å². The number of nitro benzene ring substituents is 1. The smallest absolute Gasteiger partial charge is 0.270 e. The van der Waals surface area contributed by atoms with Crippen molar-refractivity contribution in [3.63, 3.8) is 0 Å². The highest BCUT2D eigenvalue weighted by Crippen LogP contribution is 2.19. The zero-order chi connectivity index (χ0) is 15.3. The molecule has 0 radical (unpaired) electrons. The van der Waals surface area contributed by atoms with Crippen molar-refractivity contribution in [2.75, 3.05) is 5.75 Å². The normalized spacial score (nSPS) is 14.0. The van der Waals surface area contributed by atoms with Crippen LogP contribution in [-0.4, -0.2) is 35.3 Å². The van der Waals surface area contributed by atoms with Gasteiger partial charge in [0.15, 0.2) is 9.84 Å². The molecule has 0 bridgehead atoms. The molecule has 1 unspecified atom stereocenters. The van der Waals surface area contributed by atoms with Crippen LogP contribution >= 0.6 is 0 Å². The first-order chi connectivity index (χ1) is 9.37. The Morgan fingerprint density at radius 3 is 2.55 bits per heavy atom. The third kappa shape index (κ3) is 3.32. The molecule has 0 saturated heterocycles. The zero-order valence-electron chi connectivity index (χ0n) is 11.2. The van der Waals surface area contributed by atoms with Crippen LogP contribution in [0.2, 0.25) is 0 Å². The average Bonchev–Trinajstić information content (AvgIpc) is 2.44. The van der Waals surface area contributed by atoms with Gasteiger partial charge >= 0.3 is 0 Å². The van der Waals surface area contributed by atoms with Crippen molar-refractivity contribution in [1.29, 1.82) is 0 Å². The lowest BCUT2D eigenvalue weighted by molar-refractivity contribution is -0.384. The molecule has 1 atom stereocenters. The molecule has 110 valence electrons. The van der Waals surface area contributed by atoms with Crippen LogP contribution in [0.3, 0.4) is 0 Å². The highest BCUT2D eigenvalue weighted by atomic mass is 32.2. The maximum atomic E-state index is 12.0. The summed E-state index contributed by atoms with van der Waals surface area (Å²) < 4.78 is 24.0. The summed E-state index contributed by atoms with van der Waals surface area (Å²) in [6.07, 6.45) is 0.220. The summed E-state index contributed by atoms with van der Waals surface area (Å²) >= 11 is 0. The second-order valence-corrected chi connectivity index (χ2v) is 6.61. The lowest BCUT2D eigenvalue weighted by atomic mass is 10.1. The summed E-state index contributed by atoms with van der Waals surface area (Å²) in [6, 6.07) is 5.39. The summed E-state index contributed by atoms with van der Waals surface area (Å²) in [7, 11) is -3.46. The molecule has 0 aliphatic rings. The Hall–Kier alpha value is -1.96. The number of hydrogen-bond acceptors (Lipinski definition) is 6. The van der Waals surface area contributed by atoms with Crippen molar-refractivity contribution >= 4 is 21.2 Å². The minimum atomic E-state index is -3.46. The fraction of sp³-hybridized carbons (Fsp3) is 0.417. The van der Waals surface area contributed by atoms with Crippen LogP contribution in [0, 0.1) is 10.1 Å². The van der Waals surface area contributed by atoms with Crippen LogP contribution in [0.1, 0.15) is 25.8 Å². The Balaban J connectivity index is 3.33. The van der Waals surface area contributed by atoms with Crippen molar-refractivity contribution in [1.82, 2.24) is 0 Å². The third-order valence-corrected chi connectivity index (χ3v) is 5.20. The number of nitrogens with zero attached hydrogens (tertiary/aromatic N) is 2. The molecule has 0 saturated carbocycles. The molecule has 7 nitrogen and oxygen atoms in total. The van der Waals surface area contributed by atoms with E-state index in [-0.39, 0.29) is 29.1 Å². The quantitative estimate of drug-likeness (QED) is 0.374. The SMILES string of the molecule is CCC(/C(=N/O)c1cccc([N+](=O)[O-])c1)S(=O)(=O)CC. The fourth-order valence-corrected chi connectivity index (χ4v) is 3.34. The van der Waals surface area contributed by atoms with Crippen molar-refractivity contribution in [2.45, 2.75) is 25.5 Å². The van der Waals surface area contributed by atoms with Crippen LogP contribution in [0.25, 0.3) is 0 Å². The van der Waals surface area contributed by atoms with Crippen molar-refractivity contribution in [3.8, 4) is 0 Å². The molecule has 1 rings (SSSR count). The molecule has 20 heavy (non-hydrogen) atoms. The monoisotopic (exact) mass is 300 g/mol. The van der Waals surface area contributed by atoms with Gasteiger partial charge in [0.05, 0.1) is 4.92 Å². The van der Waals surface area contributed by atoms with Gasteiger partial charge in [0, 0.05) is 23.4 Å². The number of non-ortho nitro benzene ring substituents is 1. The number of hydrogen-bond donors (Lipinski definition) is 1. The average molecular weight is 300 g/mol. The minimum Gasteiger partial charge on any atom is -0.411 e. The summed E-state index contributed by atoms with van der Waals surface area (Å²) in [5.74, 6) is -0.0978. The summed E-state index contributed by atoms with van der Waals surface area (Å²) in [5.41, 5.74) is -0.0315. The van der Waals surface area contributed by atoms with Crippen molar-refractivity contribution < 1.29 is 18.5 Å². The highest BCUT2D eigenvalue weighted by Gasteiger charge is 2.29. The van der Waals surface area contributed by atoms with Gasteiger partial charge in [0.25, 0.3) is 5.69 Å².